The molecule has 8 fully saturated rings. The van der Waals surface area contributed by atoms with Crippen LogP contribution in [0.25, 0.3) is 0 Å². The molecule has 10 nitrogen and oxygen atoms in total. The second-order valence-corrected chi connectivity index (χ2v) is 19.5. The highest BCUT2D eigenvalue weighted by atomic mass is 16.6. The number of hydrogen-bond acceptors (Lipinski definition) is 7. The Morgan fingerprint density at radius 1 is 1.00 bits per heavy atom. The lowest BCUT2D eigenvalue weighted by Gasteiger charge is -2.63. The number of nitrogens with one attached hydrogen (secondary N) is 2. The predicted octanol–water partition coefficient (Wildman–Crippen LogP) is 6.04. The van der Waals surface area contributed by atoms with Crippen molar-refractivity contribution in [3.8, 4) is 0 Å². The molecule has 280 valence electrons. The van der Waals surface area contributed by atoms with E-state index in [1.54, 1.807) is 4.90 Å². The molecule has 0 radical (unpaired) electrons. The van der Waals surface area contributed by atoms with Crippen molar-refractivity contribution in [2.45, 2.75) is 156 Å². The lowest BCUT2D eigenvalue weighted by Crippen LogP contribution is -2.60. The molecule has 8 rings (SSSR count). The number of fused-ring (bicyclic) bond motifs is 4. The number of piperidine rings is 1. The molecule has 14 atom stereocenters. The number of hydrogen-bond donors (Lipinski definition) is 3. The topological polar surface area (TPSA) is 126 Å². The summed E-state index contributed by atoms with van der Waals surface area (Å²) in [6, 6.07) is -0.520. The first-order chi connectivity index (χ1) is 23.6. The highest BCUT2D eigenvalue weighted by Gasteiger charge is 2.84. The number of likely N-dealkylation sites (tertiary alicyclic amines) is 1. The van der Waals surface area contributed by atoms with Crippen molar-refractivity contribution >= 4 is 18.1 Å². The normalized spacial score (nSPS) is 49.1. The maximum absolute atomic E-state index is 13.1. The van der Waals surface area contributed by atoms with Gasteiger partial charge in [0.2, 0.25) is 5.91 Å². The van der Waals surface area contributed by atoms with Gasteiger partial charge in [-0.3, -0.25) is 4.79 Å². The fraction of sp³-hybridized carbons (Fsp3) is 0.925. The molecule has 3 N–H and O–H groups in total. The van der Waals surface area contributed by atoms with Gasteiger partial charge in [0.25, 0.3) is 0 Å². The minimum atomic E-state index is -0.577. The molecule has 3 heterocycles. The summed E-state index contributed by atoms with van der Waals surface area (Å²) >= 11 is 0. The monoisotopic (exact) mass is 697 g/mol. The first-order valence-corrected chi connectivity index (χ1v) is 20.1. The van der Waals surface area contributed by atoms with Gasteiger partial charge < -0.3 is 34.9 Å². The number of aliphatic hydroxyl groups excluding tert-OH is 1. The van der Waals surface area contributed by atoms with Crippen LogP contribution in [0.5, 0.6) is 0 Å². The van der Waals surface area contributed by atoms with Crippen LogP contribution in [0.2, 0.25) is 0 Å². The minimum absolute atomic E-state index is 0.0467. The molecular weight excluding hydrogens is 634 g/mol. The molecule has 50 heavy (non-hydrogen) atoms. The quantitative estimate of drug-likeness (QED) is 0.320. The van der Waals surface area contributed by atoms with E-state index < -0.39 is 18.2 Å². The van der Waals surface area contributed by atoms with E-state index in [9.17, 15) is 19.5 Å². The van der Waals surface area contributed by atoms with Crippen molar-refractivity contribution in [2.75, 3.05) is 19.6 Å². The third-order valence-electron chi connectivity index (χ3n) is 17.0. The van der Waals surface area contributed by atoms with Crippen LogP contribution in [-0.2, 0) is 19.0 Å². The molecule has 3 saturated heterocycles. The lowest BCUT2D eigenvalue weighted by atomic mass is 9.41. The summed E-state index contributed by atoms with van der Waals surface area (Å²) in [5.74, 6) is 1.45. The van der Waals surface area contributed by atoms with E-state index >= 15 is 0 Å². The number of nitrogens with zero attached hydrogens (tertiary/aromatic N) is 1. The summed E-state index contributed by atoms with van der Waals surface area (Å²) in [5.41, 5.74) is -0.112. The van der Waals surface area contributed by atoms with Crippen LogP contribution in [0, 0.1) is 56.7 Å². The Kier molecular flexibility index (Phi) is 8.20. The molecule has 5 saturated carbocycles. The van der Waals surface area contributed by atoms with Gasteiger partial charge in [0, 0.05) is 30.5 Å². The molecule has 0 bridgehead atoms. The van der Waals surface area contributed by atoms with E-state index in [1.165, 1.54) is 12.8 Å². The largest absolute Gasteiger partial charge is 0.446 e. The van der Waals surface area contributed by atoms with Crippen molar-refractivity contribution < 1.29 is 33.7 Å². The minimum Gasteiger partial charge on any atom is -0.446 e. The Hall–Kier alpha value is -2.07. The number of ether oxygens (including phenoxy) is 3. The number of amides is 3. The molecule has 6 unspecified atom stereocenters. The van der Waals surface area contributed by atoms with Crippen LogP contribution >= 0.6 is 0 Å². The maximum Gasteiger partial charge on any atom is 0.410 e. The average molecular weight is 698 g/mol. The van der Waals surface area contributed by atoms with Crippen molar-refractivity contribution in [2.24, 2.45) is 56.7 Å². The molecule has 0 aromatic heterocycles. The molecule has 5 aliphatic carbocycles. The van der Waals surface area contributed by atoms with Gasteiger partial charge >= 0.3 is 12.2 Å². The first-order valence-electron chi connectivity index (χ1n) is 20.1. The van der Waals surface area contributed by atoms with Crippen LogP contribution in [0.1, 0.15) is 119 Å². The third kappa shape index (κ3) is 4.67. The molecule has 10 heteroatoms. The Labute approximate surface area is 298 Å². The lowest BCUT2D eigenvalue weighted by molar-refractivity contribution is -0.185. The molecule has 3 amide bonds. The summed E-state index contributed by atoms with van der Waals surface area (Å²) in [6.07, 6.45) is 8.56. The van der Waals surface area contributed by atoms with E-state index in [1.807, 2.05) is 0 Å². The van der Waals surface area contributed by atoms with E-state index in [-0.39, 0.29) is 75.3 Å². The third-order valence-corrected chi connectivity index (χ3v) is 17.0. The molecule has 0 aromatic rings. The van der Waals surface area contributed by atoms with Crippen LogP contribution in [0.4, 0.5) is 9.59 Å². The van der Waals surface area contributed by atoms with Gasteiger partial charge in [0.05, 0.1) is 18.3 Å². The van der Waals surface area contributed by atoms with Crippen LogP contribution in [0.3, 0.4) is 0 Å². The maximum atomic E-state index is 13.1. The Bertz CT molecular complexity index is 1400. The number of alkyl carbamates (subject to hydrolysis) is 1. The van der Waals surface area contributed by atoms with Gasteiger partial charge in [-0.05, 0) is 116 Å². The van der Waals surface area contributed by atoms with Gasteiger partial charge in [-0.15, -0.1) is 0 Å². The number of aliphatic hydroxyl groups is 1. The second kappa shape index (κ2) is 11.7. The van der Waals surface area contributed by atoms with E-state index in [0.717, 1.165) is 64.5 Å². The molecule has 3 aliphatic heterocycles. The highest BCUT2D eigenvalue weighted by molar-refractivity contribution is 5.86. The predicted molar refractivity (Wildman–Crippen MR) is 187 cm³/mol. The van der Waals surface area contributed by atoms with Crippen LogP contribution in [-0.4, -0.2) is 84.3 Å². The van der Waals surface area contributed by atoms with Crippen molar-refractivity contribution in [3.63, 3.8) is 0 Å². The summed E-state index contributed by atoms with van der Waals surface area (Å²) in [7, 11) is 0. The van der Waals surface area contributed by atoms with Crippen molar-refractivity contribution in [1.82, 2.24) is 15.5 Å². The van der Waals surface area contributed by atoms with Crippen molar-refractivity contribution in [1.29, 1.82) is 0 Å². The zero-order chi connectivity index (χ0) is 35.6. The van der Waals surface area contributed by atoms with Crippen LogP contribution < -0.4 is 10.6 Å². The van der Waals surface area contributed by atoms with E-state index in [0.29, 0.717) is 30.7 Å². The van der Waals surface area contributed by atoms with E-state index in [4.69, 9.17) is 14.2 Å². The van der Waals surface area contributed by atoms with E-state index in [2.05, 4.69) is 59.1 Å². The standard InChI is InChI=1S/C40H63N3O7/c1-22(2)30(50-35(47)43-18-9-19-43)25-20-23(3)29-31(48-25)32(44)38(7)27-12-11-26-36(4,5)28(49-34(46)42-24-10-8-17-41-33(24)45)13-14-39(26)21-40(27,39)16-15-37(29,38)6/h22-32,44H,8-21H2,1-7H3,(H,41,45)(H,42,46)/t23-,24-,25?,26+,27?,28+,29?,30-,31?,32+,37-,38-,39?,40?/m1/s1. The van der Waals surface area contributed by atoms with Crippen LogP contribution in [0.15, 0.2) is 0 Å². The number of carbonyl (C=O) groups is 3. The Morgan fingerprint density at radius 3 is 2.40 bits per heavy atom. The molecule has 8 aliphatic rings. The van der Waals surface area contributed by atoms with Crippen molar-refractivity contribution in [3.05, 3.63) is 0 Å². The number of rotatable bonds is 5. The van der Waals surface area contributed by atoms with Gasteiger partial charge in [-0.25, -0.2) is 9.59 Å². The molecular formula is C40H63N3O7. The summed E-state index contributed by atoms with van der Waals surface area (Å²) in [4.78, 5) is 40.1. The fourth-order valence-electron chi connectivity index (χ4n) is 14.3. The zero-order valence-electron chi connectivity index (χ0n) is 31.6. The van der Waals surface area contributed by atoms with Gasteiger partial charge in [0.1, 0.15) is 18.2 Å². The molecule has 2 spiro atoms. The Balaban J connectivity index is 1.00. The first kappa shape index (κ1) is 35.0. The fourth-order valence-corrected chi connectivity index (χ4v) is 14.3. The Morgan fingerprint density at radius 2 is 1.72 bits per heavy atom. The molecule has 0 aromatic carbocycles. The smallest absolute Gasteiger partial charge is 0.410 e. The second-order valence-electron chi connectivity index (χ2n) is 19.5. The number of carbonyl (C=O) groups excluding carboxylic acids is 3. The van der Waals surface area contributed by atoms with Gasteiger partial charge in [-0.2, -0.15) is 0 Å². The summed E-state index contributed by atoms with van der Waals surface area (Å²) < 4.78 is 19.3. The van der Waals surface area contributed by atoms with Gasteiger partial charge in [0.15, 0.2) is 0 Å². The summed E-state index contributed by atoms with van der Waals surface area (Å²) in [6.45, 7) is 18.2. The average Bonchev–Trinajstić information content (AvgIpc) is 3.66. The summed E-state index contributed by atoms with van der Waals surface area (Å²) in [5, 5.41) is 18.3. The highest BCUT2D eigenvalue weighted by Crippen LogP contribution is 2.89. The SMILES string of the molecule is CC(C)[C@@H](OC(=O)N1CCC1)C1C[C@@H](C)C2C(O1)[C@H](O)[C@@]1(C)C3CC[C@H]4C(C)(C)[C@@H](OC(=O)N[C@@H]5CCCNC5=O)CCC45CC35CC[C@]21C. The zero-order valence-corrected chi connectivity index (χ0v) is 31.6. The van der Waals surface area contributed by atoms with Gasteiger partial charge in [-0.1, -0.05) is 48.5 Å².